The van der Waals surface area contributed by atoms with E-state index in [1.807, 2.05) is 0 Å². The van der Waals surface area contributed by atoms with Gasteiger partial charge in [-0.2, -0.15) is 5.10 Å². The van der Waals surface area contributed by atoms with E-state index in [0.717, 1.165) is 0 Å². The molecule has 0 radical (unpaired) electrons. The first kappa shape index (κ1) is 11.5. The normalized spacial score (nSPS) is 10.2. The first-order valence-corrected chi connectivity index (χ1v) is 5.29. The number of nitrogens with two attached hydrogens (primary N) is 1. The fourth-order valence-electron chi connectivity index (χ4n) is 1.37. The molecule has 2 rings (SSSR count). The lowest BCUT2D eigenvalue weighted by atomic mass is 10.2. The summed E-state index contributed by atoms with van der Waals surface area (Å²) in [5.41, 5.74) is 7.15. The Bertz CT molecular complexity index is 564. The molecule has 0 aliphatic carbocycles. The van der Waals surface area contributed by atoms with Crippen molar-refractivity contribution < 1.29 is 4.79 Å². The zero-order valence-electron chi connectivity index (χ0n) is 9.14. The van der Waals surface area contributed by atoms with Gasteiger partial charge in [-0.15, -0.1) is 0 Å². The van der Waals surface area contributed by atoms with Crippen LogP contribution < -0.4 is 11.1 Å². The molecule has 0 saturated heterocycles. The maximum absolute atomic E-state index is 11.8. The maximum atomic E-state index is 11.8. The van der Waals surface area contributed by atoms with E-state index >= 15 is 0 Å². The van der Waals surface area contributed by atoms with Crippen LogP contribution in [0.2, 0.25) is 5.02 Å². The first-order valence-electron chi connectivity index (χ1n) is 4.91. The van der Waals surface area contributed by atoms with Gasteiger partial charge in [-0.25, -0.2) is 0 Å². The van der Waals surface area contributed by atoms with E-state index in [1.54, 1.807) is 36.1 Å². The number of amides is 1. The summed E-state index contributed by atoms with van der Waals surface area (Å²) in [6.07, 6.45) is 3.10. The molecule has 88 valence electrons. The Balaban J connectivity index is 2.21. The Morgan fingerprint density at radius 3 is 2.94 bits per heavy atom. The van der Waals surface area contributed by atoms with E-state index in [1.165, 1.54) is 6.20 Å². The smallest absolute Gasteiger partial charge is 0.258 e. The molecule has 0 aliphatic rings. The van der Waals surface area contributed by atoms with Gasteiger partial charge in [0.25, 0.3) is 5.91 Å². The van der Waals surface area contributed by atoms with Crippen molar-refractivity contribution in [3.8, 4) is 0 Å². The van der Waals surface area contributed by atoms with Crippen LogP contribution in [0, 0.1) is 0 Å². The van der Waals surface area contributed by atoms with Crippen molar-refractivity contribution in [1.82, 2.24) is 9.78 Å². The lowest BCUT2D eigenvalue weighted by Crippen LogP contribution is -2.12. The third-order valence-corrected chi connectivity index (χ3v) is 2.47. The number of carbonyl (C=O) groups is 1. The highest BCUT2D eigenvalue weighted by atomic mass is 35.5. The number of carbonyl (C=O) groups excluding carboxylic acids is 1. The van der Waals surface area contributed by atoms with Crippen molar-refractivity contribution in [2.75, 3.05) is 11.1 Å². The van der Waals surface area contributed by atoms with Gasteiger partial charge in [-0.3, -0.25) is 9.48 Å². The predicted octanol–water partition coefficient (Wildman–Crippen LogP) is 1.91. The van der Waals surface area contributed by atoms with Crippen molar-refractivity contribution in [3.05, 3.63) is 41.2 Å². The number of benzene rings is 1. The molecule has 0 aliphatic heterocycles. The van der Waals surface area contributed by atoms with Gasteiger partial charge < -0.3 is 11.1 Å². The van der Waals surface area contributed by atoms with Crippen molar-refractivity contribution in [2.24, 2.45) is 7.05 Å². The largest absolute Gasteiger partial charge is 0.397 e. The summed E-state index contributed by atoms with van der Waals surface area (Å²) in [6.45, 7) is 0. The van der Waals surface area contributed by atoms with Gasteiger partial charge in [0, 0.05) is 18.3 Å². The Labute approximate surface area is 103 Å². The van der Waals surface area contributed by atoms with Crippen LogP contribution >= 0.6 is 11.6 Å². The van der Waals surface area contributed by atoms with Gasteiger partial charge in [0.1, 0.15) is 0 Å². The highest BCUT2D eigenvalue weighted by Gasteiger charge is 2.10. The molecule has 1 aromatic carbocycles. The molecule has 1 amide bonds. The molecule has 17 heavy (non-hydrogen) atoms. The summed E-state index contributed by atoms with van der Waals surface area (Å²) in [5.74, 6) is -0.271. The number of anilines is 2. The minimum absolute atomic E-state index is 0.271. The minimum atomic E-state index is -0.271. The van der Waals surface area contributed by atoms with Gasteiger partial charge in [0.05, 0.1) is 23.1 Å². The number of hydrogen-bond acceptors (Lipinski definition) is 3. The number of rotatable bonds is 2. The lowest BCUT2D eigenvalue weighted by Gasteiger charge is -2.07. The van der Waals surface area contributed by atoms with Crippen LogP contribution in [0.15, 0.2) is 30.6 Å². The molecule has 1 aromatic heterocycles. The van der Waals surface area contributed by atoms with Crippen LogP contribution in [-0.4, -0.2) is 15.7 Å². The van der Waals surface area contributed by atoms with E-state index in [-0.39, 0.29) is 5.91 Å². The second kappa shape index (κ2) is 4.47. The Kier molecular flexibility index (Phi) is 3.01. The topological polar surface area (TPSA) is 72.9 Å². The van der Waals surface area contributed by atoms with Gasteiger partial charge in [-0.05, 0) is 18.2 Å². The fourth-order valence-corrected chi connectivity index (χ4v) is 1.54. The first-order chi connectivity index (χ1) is 8.06. The van der Waals surface area contributed by atoms with E-state index in [0.29, 0.717) is 22.0 Å². The number of nitrogens with zero attached hydrogens (tertiary/aromatic N) is 2. The molecule has 5 nitrogen and oxygen atoms in total. The second-order valence-corrected chi connectivity index (χ2v) is 4.02. The van der Waals surface area contributed by atoms with Crippen molar-refractivity contribution in [1.29, 1.82) is 0 Å². The summed E-state index contributed by atoms with van der Waals surface area (Å²) in [5, 5.41) is 7.11. The number of halogens is 1. The maximum Gasteiger partial charge on any atom is 0.258 e. The van der Waals surface area contributed by atoms with Gasteiger partial charge >= 0.3 is 0 Å². The number of nitrogen functional groups attached to an aromatic ring is 1. The van der Waals surface area contributed by atoms with Crippen LogP contribution in [0.25, 0.3) is 0 Å². The summed E-state index contributed by atoms with van der Waals surface area (Å²) >= 11 is 5.83. The van der Waals surface area contributed by atoms with Crippen LogP contribution in [0.4, 0.5) is 11.4 Å². The third kappa shape index (κ3) is 2.57. The molecule has 0 saturated carbocycles. The van der Waals surface area contributed by atoms with E-state index < -0.39 is 0 Å². The summed E-state index contributed by atoms with van der Waals surface area (Å²) in [7, 11) is 1.74. The highest BCUT2D eigenvalue weighted by molar-refractivity contribution is 6.31. The molecule has 6 heteroatoms. The van der Waals surface area contributed by atoms with Crippen LogP contribution in [0.3, 0.4) is 0 Å². The third-order valence-electron chi connectivity index (χ3n) is 2.23. The quantitative estimate of drug-likeness (QED) is 0.800. The van der Waals surface area contributed by atoms with Gasteiger partial charge in [0.2, 0.25) is 0 Å². The van der Waals surface area contributed by atoms with E-state index in [2.05, 4.69) is 10.4 Å². The summed E-state index contributed by atoms with van der Waals surface area (Å²) in [4.78, 5) is 11.8. The number of hydrogen-bond donors (Lipinski definition) is 2. The Morgan fingerprint density at radius 1 is 1.53 bits per heavy atom. The van der Waals surface area contributed by atoms with Crippen LogP contribution in [0.1, 0.15) is 10.4 Å². The summed E-state index contributed by atoms with van der Waals surface area (Å²) < 4.78 is 1.55. The summed E-state index contributed by atoms with van der Waals surface area (Å²) in [6, 6.07) is 4.91. The van der Waals surface area contributed by atoms with Crippen molar-refractivity contribution in [3.63, 3.8) is 0 Å². The number of nitrogens with one attached hydrogen (secondary N) is 1. The van der Waals surface area contributed by atoms with E-state index in [9.17, 15) is 4.79 Å². The molecule has 0 bridgehead atoms. The lowest BCUT2D eigenvalue weighted by molar-refractivity contribution is 0.102. The molecule has 0 spiro atoms. The monoisotopic (exact) mass is 250 g/mol. The van der Waals surface area contributed by atoms with Crippen molar-refractivity contribution >= 4 is 28.9 Å². The molecule has 0 fully saturated rings. The SMILES string of the molecule is Cn1cc(C(=O)Nc2cc(Cl)ccc2N)cn1. The highest BCUT2D eigenvalue weighted by Crippen LogP contribution is 2.23. The van der Waals surface area contributed by atoms with Gasteiger partial charge in [-0.1, -0.05) is 11.6 Å². The molecular weight excluding hydrogens is 240 g/mol. The van der Waals surface area contributed by atoms with Crippen LogP contribution in [0.5, 0.6) is 0 Å². The molecule has 0 atom stereocenters. The second-order valence-electron chi connectivity index (χ2n) is 3.59. The molecule has 3 N–H and O–H groups in total. The Morgan fingerprint density at radius 2 is 2.29 bits per heavy atom. The molecule has 2 aromatic rings. The van der Waals surface area contributed by atoms with Gasteiger partial charge in [0.15, 0.2) is 0 Å². The standard InChI is InChI=1S/C11H11ClN4O/c1-16-6-7(5-14-16)11(17)15-10-4-8(12)2-3-9(10)13/h2-6H,13H2,1H3,(H,15,17). The zero-order valence-corrected chi connectivity index (χ0v) is 9.90. The molecule has 1 heterocycles. The van der Waals surface area contributed by atoms with Crippen LogP contribution in [-0.2, 0) is 7.05 Å². The average Bonchev–Trinajstić information content (AvgIpc) is 2.70. The van der Waals surface area contributed by atoms with Crippen molar-refractivity contribution in [2.45, 2.75) is 0 Å². The fraction of sp³-hybridized carbons (Fsp3) is 0.0909. The average molecular weight is 251 g/mol. The predicted molar refractivity (Wildman–Crippen MR) is 67.0 cm³/mol. The number of aromatic nitrogens is 2. The Hall–Kier alpha value is -2.01. The molecular formula is C11H11ClN4O. The zero-order chi connectivity index (χ0) is 12.4. The minimum Gasteiger partial charge on any atom is -0.397 e. The van der Waals surface area contributed by atoms with E-state index in [4.69, 9.17) is 17.3 Å². The number of aryl methyl sites for hydroxylation is 1. The molecule has 0 unspecified atom stereocenters.